The van der Waals surface area contributed by atoms with E-state index in [1.165, 1.54) is 31.5 Å². The van der Waals surface area contributed by atoms with E-state index in [9.17, 15) is 26.3 Å². The van der Waals surface area contributed by atoms with Crippen molar-refractivity contribution < 1.29 is 35.8 Å². The number of methoxy groups -OCH3 is 1. The lowest BCUT2D eigenvalue weighted by Gasteiger charge is -2.16. The molecular formula is C16H16F6N4O2S. The SMILES string of the molecule is COc1ccc(/C=N/n2c(SC)nnc2C(F)F)cc1COCC(F)(F)C(F)F. The highest BCUT2D eigenvalue weighted by Gasteiger charge is 2.41. The van der Waals surface area contributed by atoms with Gasteiger partial charge in [-0.15, -0.1) is 10.2 Å². The van der Waals surface area contributed by atoms with Crippen LogP contribution in [0.25, 0.3) is 0 Å². The third-order valence-electron chi connectivity index (χ3n) is 3.51. The molecule has 0 unspecified atom stereocenters. The smallest absolute Gasteiger partial charge is 0.330 e. The monoisotopic (exact) mass is 442 g/mol. The van der Waals surface area contributed by atoms with Crippen molar-refractivity contribution in [3.8, 4) is 5.75 Å². The highest BCUT2D eigenvalue weighted by atomic mass is 32.2. The molecule has 1 aromatic heterocycles. The third-order valence-corrected chi connectivity index (χ3v) is 4.13. The fourth-order valence-electron chi connectivity index (χ4n) is 2.12. The largest absolute Gasteiger partial charge is 0.496 e. The van der Waals surface area contributed by atoms with E-state index < -0.39 is 37.8 Å². The molecule has 29 heavy (non-hydrogen) atoms. The van der Waals surface area contributed by atoms with E-state index >= 15 is 0 Å². The summed E-state index contributed by atoms with van der Waals surface area (Å²) in [5.41, 5.74) is 0.676. The average Bonchev–Trinajstić information content (AvgIpc) is 3.09. The van der Waals surface area contributed by atoms with Gasteiger partial charge in [-0.1, -0.05) is 11.8 Å². The molecule has 0 aliphatic rings. The molecule has 0 amide bonds. The van der Waals surface area contributed by atoms with Gasteiger partial charge in [-0.3, -0.25) is 0 Å². The number of benzene rings is 1. The molecule has 0 N–H and O–H groups in total. The Morgan fingerprint density at radius 3 is 2.55 bits per heavy atom. The Morgan fingerprint density at radius 2 is 1.97 bits per heavy atom. The number of nitrogens with zero attached hydrogens (tertiary/aromatic N) is 4. The van der Waals surface area contributed by atoms with Gasteiger partial charge in [0.25, 0.3) is 6.43 Å². The maximum absolute atomic E-state index is 13.0. The second-order valence-corrected chi connectivity index (χ2v) is 6.30. The zero-order chi connectivity index (χ0) is 21.6. The van der Waals surface area contributed by atoms with Crippen LogP contribution in [0.4, 0.5) is 26.3 Å². The van der Waals surface area contributed by atoms with Gasteiger partial charge in [0, 0.05) is 5.56 Å². The number of hydrogen-bond donors (Lipinski definition) is 0. The average molecular weight is 442 g/mol. The van der Waals surface area contributed by atoms with E-state index in [4.69, 9.17) is 9.47 Å². The van der Waals surface area contributed by atoms with Gasteiger partial charge in [-0.2, -0.15) is 18.6 Å². The van der Waals surface area contributed by atoms with Crippen molar-refractivity contribution >= 4 is 18.0 Å². The van der Waals surface area contributed by atoms with Crippen molar-refractivity contribution in [1.29, 1.82) is 0 Å². The summed E-state index contributed by atoms with van der Waals surface area (Å²) in [5.74, 6) is -4.65. The van der Waals surface area contributed by atoms with Crippen LogP contribution in [0.5, 0.6) is 5.75 Å². The van der Waals surface area contributed by atoms with Crippen molar-refractivity contribution in [2.75, 3.05) is 20.0 Å². The van der Waals surface area contributed by atoms with Crippen LogP contribution in [0.15, 0.2) is 28.5 Å². The van der Waals surface area contributed by atoms with Crippen LogP contribution in [-0.4, -0.2) is 53.4 Å². The van der Waals surface area contributed by atoms with Crippen LogP contribution in [-0.2, 0) is 11.3 Å². The molecule has 160 valence electrons. The van der Waals surface area contributed by atoms with Crippen LogP contribution in [0.2, 0.25) is 0 Å². The topological polar surface area (TPSA) is 61.5 Å². The zero-order valence-electron chi connectivity index (χ0n) is 15.2. The van der Waals surface area contributed by atoms with Gasteiger partial charge in [0.2, 0.25) is 11.0 Å². The first-order valence-corrected chi connectivity index (χ1v) is 9.14. The van der Waals surface area contributed by atoms with Gasteiger partial charge in [0.1, 0.15) is 12.4 Å². The van der Waals surface area contributed by atoms with E-state index in [1.54, 1.807) is 6.26 Å². The van der Waals surface area contributed by atoms with Gasteiger partial charge in [-0.25, -0.2) is 17.6 Å². The van der Waals surface area contributed by atoms with Crippen molar-refractivity contribution in [2.45, 2.75) is 30.5 Å². The summed E-state index contributed by atoms with van der Waals surface area (Å²) < 4.78 is 87.0. The summed E-state index contributed by atoms with van der Waals surface area (Å²) in [5, 5.41) is 11.1. The Kier molecular flexibility index (Phi) is 7.90. The Bertz CT molecular complexity index is 847. The van der Waals surface area contributed by atoms with E-state index in [0.717, 1.165) is 16.4 Å². The molecule has 0 atom stereocenters. The molecule has 0 bridgehead atoms. The summed E-state index contributed by atoms with van der Waals surface area (Å²) in [7, 11) is 1.33. The highest BCUT2D eigenvalue weighted by molar-refractivity contribution is 7.98. The lowest BCUT2D eigenvalue weighted by atomic mass is 10.1. The first-order chi connectivity index (χ1) is 13.7. The first-order valence-electron chi connectivity index (χ1n) is 7.92. The van der Waals surface area contributed by atoms with Crippen LogP contribution in [0.3, 0.4) is 0 Å². The Morgan fingerprint density at radius 1 is 1.24 bits per heavy atom. The fraction of sp³-hybridized carbons (Fsp3) is 0.438. The van der Waals surface area contributed by atoms with Crippen LogP contribution in [0.1, 0.15) is 23.4 Å². The molecule has 2 rings (SSSR count). The molecule has 0 spiro atoms. The maximum Gasteiger partial charge on any atom is 0.330 e. The number of rotatable bonds is 10. The van der Waals surface area contributed by atoms with Crippen molar-refractivity contribution in [1.82, 2.24) is 14.9 Å². The molecule has 0 aliphatic heterocycles. The molecular weight excluding hydrogens is 426 g/mol. The minimum absolute atomic E-state index is 0.142. The van der Waals surface area contributed by atoms with Crippen LogP contribution >= 0.6 is 11.8 Å². The molecule has 0 saturated heterocycles. The Labute approximate surface area is 165 Å². The normalized spacial score (nSPS) is 12.5. The van der Waals surface area contributed by atoms with Gasteiger partial charge in [0.15, 0.2) is 0 Å². The standard InChI is InChI=1S/C16H16F6N4O2S/c1-27-11-4-3-9(5-10(11)7-28-8-16(21,22)14(19)20)6-23-26-13(12(17)18)24-25-15(26)29-2/h3-6,12,14H,7-8H2,1-2H3/b23-6+. The van der Waals surface area contributed by atoms with Gasteiger partial charge in [-0.05, 0) is 30.0 Å². The Balaban J connectivity index is 2.20. The second-order valence-electron chi connectivity index (χ2n) is 5.53. The summed E-state index contributed by atoms with van der Waals surface area (Å²) in [6, 6.07) is 4.44. The number of alkyl halides is 6. The molecule has 0 radical (unpaired) electrons. The van der Waals surface area contributed by atoms with Crippen molar-refractivity contribution in [3.63, 3.8) is 0 Å². The van der Waals surface area contributed by atoms with E-state index in [2.05, 4.69) is 15.3 Å². The summed E-state index contributed by atoms with van der Waals surface area (Å²) in [6.45, 7) is -1.90. The van der Waals surface area contributed by atoms with E-state index in [-0.39, 0.29) is 16.5 Å². The lowest BCUT2D eigenvalue weighted by molar-refractivity contribution is -0.168. The summed E-state index contributed by atoms with van der Waals surface area (Å²) in [4.78, 5) is 0. The summed E-state index contributed by atoms with van der Waals surface area (Å²) in [6.07, 6.45) is -3.90. The highest BCUT2D eigenvalue weighted by Crippen LogP contribution is 2.26. The van der Waals surface area contributed by atoms with Crippen LogP contribution in [0, 0.1) is 0 Å². The molecule has 6 nitrogen and oxygen atoms in total. The third kappa shape index (κ3) is 5.85. The minimum atomic E-state index is -4.28. The van der Waals surface area contributed by atoms with Crippen LogP contribution < -0.4 is 4.74 Å². The number of hydrogen-bond acceptors (Lipinski definition) is 6. The summed E-state index contributed by atoms with van der Waals surface area (Å²) >= 11 is 1.06. The number of aromatic nitrogens is 3. The number of thioether (sulfide) groups is 1. The number of halogens is 6. The molecule has 0 aliphatic carbocycles. The number of ether oxygens (including phenoxy) is 2. The van der Waals surface area contributed by atoms with Crippen molar-refractivity contribution in [3.05, 3.63) is 35.2 Å². The lowest BCUT2D eigenvalue weighted by Crippen LogP contribution is -2.32. The molecule has 1 heterocycles. The fourth-order valence-corrected chi connectivity index (χ4v) is 2.56. The van der Waals surface area contributed by atoms with Gasteiger partial charge in [0.05, 0.1) is 19.9 Å². The molecule has 13 heteroatoms. The van der Waals surface area contributed by atoms with Gasteiger partial charge < -0.3 is 9.47 Å². The molecule has 0 fully saturated rings. The quantitative estimate of drug-likeness (QED) is 0.313. The van der Waals surface area contributed by atoms with E-state index in [0.29, 0.717) is 5.56 Å². The Hall–Kier alpha value is -2.28. The molecule has 2 aromatic rings. The maximum atomic E-state index is 13.0. The predicted molar refractivity (Wildman–Crippen MR) is 93.4 cm³/mol. The van der Waals surface area contributed by atoms with E-state index in [1.807, 2.05) is 0 Å². The van der Waals surface area contributed by atoms with Crippen molar-refractivity contribution in [2.24, 2.45) is 5.10 Å². The predicted octanol–water partition coefficient (Wildman–Crippen LogP) is 4.25. The zero-order valence-corrected chi connectivity index (χ0v) is 16.0. The molecule has 0 saturated carbocycles. The first kappa shape index (κ1) is 23.0. The van der Waals surface area contributed by atoms with Gasteiger partial charge >= 0.3 is 12.3 Å². The second kappa shape index (κ2) is 9.96. The minimum Gasteiger partial charge on any atom is -0.496 e. The molecule has 1 aromatic carbocycles.